The number of hydrogen-bond donors (Lipinski definition) is 1. The Balaban J connectivity index is 2.71. The number of likely N-dealkylation sites (N-methyl/N-ethyl adjacent to an activating group) is 2. The van der Waals surface area contributed by atoms with Crippen molar-refractivity contribution in [3.05, 3.63) is 35.9 Å². The van der Waals surface area contributed by atoms with Gasteiger partial charge in [0.1, 0.15) is 0 Å². The predicted molar refractivity (Wildman–Crippen MR) is 67.8 cm³/mol. The highest BCUT2D eigenvalue weighted by Crippen LogP contribution is 2.18. The lowest BCUT2D eigenvalue weighted by Crippen LogP contribution is -2.36. The van der Waals surface area contributed by atoms with E-state index in [1.165, 1.54) is 0 Å². The Morgan fingerprint density at radius 1 is 1.41 bits per heavy atom. The Morgan fingerprint density at radius 2 is 2.06 bits per heavy atom. The van der Waals surface area contributed by atoms with Gasteiger partial charge >= 0.3 is 0 Å². The molecule has 0 aliphatic heterocycles. The smallest absolute Gasteiger partial charge is 0.256 e. The third-order valence-electron chi connectivity index (χ3n) is 2.64. The van der Waals surface area contributed by atoms with Gasteiger partial charge in [-0.15, -0.1) is 0 Å². The van der Waals surface area contributed by atoms with Gasteiger partial charge in [0.05, 0.1) is 0 Å². The zero-order chi connectivity index (χ0) is 12.7. The second-order valence-electron chi connectivity index (χ2n) is 3.89. The van der Waals surface area contributed by atoms with Crippen LogP contribution in [0.1, 0.15) is 11.7 Å². The third kappa shape index (κ3) is 3.84. The molecule has 0 heterocycles. The van der Waals surface area contributed by atoms with Crippen molar-refractivity contribution in [1.29, 1.82) is 0 Å². The number of amides is 1. The molecule has 0 aliphatic rings. The van der Waals surface area contributed by atoms with Crippen molar-refractivity contribution in [2.75, 3.05) is 34.3 Å². The fraction of sp³-hybridized carbons (Fsp3) is 0.462. The maximum absolute atomic E-state index is 12.2. The molecule has 0 fully saturated rings. The fourth-order valence-corrected chi connectivity index (χ4v) is 1.60. The fourth-order valence-electron chi connectivity index (χ4n) is 1.60. The largest absolute Gasteiger partial charge is 0.367 e. The Morgan fingerprint density at radius 3 is 2.59 bits per heavy atom. The molecule has 0 bridgehead atoms. The van der Waals surface area contributed by atoms with E-state index in [0.29, 0.717) is 6.54 Å². The summed E-state index contributed by atoms with van der Waals surface area (Å²) in [6.07, 6.45) is -0.516. The molecule has 4 heteroatoms. The third-order valence-corrected chi connectivity index (χ3v) is 2.64. The van der Waals surface area contributed by atoms with Gasteiger partial charge in [-0.1, -0.05) is 30.3 Å². The van der Waals surface area contributed by atoms with E-state index in [1.807, 2.05) is 37.4 Å². The second kappa shape index (κ2) is 7.04. The Labute approximate surface area is 103 Å². The van der Waals surface area contributed by atoms with Gasteiger partial charge in [0.25, 0.3) is 5.91 Å². The van der Waals surface area contributed by atoms with E-state index in [4.69, 9.17) is 4.74 Å². The minimum atomic E-state index is -0.516. The van der Waals surface area contributed by atoms with Crippen LogP contribution in [0.4, 0.5) is 0 Å². The van der Waals surface area contributed by atoms with Gasteiger partial charge in [-0.25, -0.2) is 0 Å². The van der Waals surface area contributed by atoms with Crippen LogP contribution >= 0.6 is 0 Å². The normalized spacial score (nSPS) is 12.2. The zero-order valence-electron chi connectivity index (χ0n) is 10.6. The molecule has 1 amide bonds. The van der Waals surface area contributed by atoms with Crippen LogP contribution in [0.15, 0.2) is 30.3 Å². The molecule has 94 valence electrons. The molecular weight excluding hydrogens is 216 g/mol. The molecule has 0 saturated heterocycles. The highest BCUT2D eigenvalue weighted by Gasteiger charge is 2.22. The first-order valence-electron chi connectivity index (χ1n) is 5.68. The number of ether oxygens (including phenoxy) is 1. The maximum Gasteiger partial charge on any atom is 0.256 e. The SMILES string of the molecule is CNCCN(C)C(=O)C(OC)c1ccccc1. The Kier molecular flexibility index (Phi) is 5.66. The van der Waals surface area contributed by atoms with Gasteiger partial charge in [-0.3, -0.25) is 4.79 Å². The van der Waals surface area contributed by atoms with E-state index in [9.17, 15) is 4.79 Å². The quantitative estimate of drug-likeness (QED) is 0.803. The molecule has 1 N–H and O–H groups in total. The van der Waals surface area contributed by atoms with Crippen LogP contribution in [0.3, 0.4) is 0 Å². The van der Waals surface area contributed by atoms with Crippen molar-refractivity contribution in [2.45, 2.75) is 6.10 Å². The van der Waals surface area contributed by atoms with Crippen molar-refractivity contribution in [3.63, 3.8) is 0 Å². The van der Waals surface area contributed by atoms with Gasteiger partial charge in [0.2, 0.25) is 0 Å². The minimum Gasteiger partial charge on any atom is -0.367 e. The molecule has 17 heavy (non-hydrogen) atoms. The van der Waals surface area contributed by atoms with Gasteiger partial charge in [-0.2, -0.15) is 0 Å². The molecule has 4 nitrogen and oxygen atoms in total. The highest BCUT2D eigenvalue weighted by molar-refractivity contribution is 5.82. The van der Waals surface area contributed by atoms with Crippen LogP contribution in [0, 0.1) is 0 Å². The lowest BCUT2D eigenvalue weighted by atomic mass is 10.1. The molecule has 0 spiro atoms. The minimum absolute atomic E-state index is 0.0195. The number of benzene rings is 1. The molecule has 1 aromatic carbocycles. The van der Waals surface area contributed by atoms with Crippen LogP contribution in [0.25, 0.3) is 0 Å². The summed E-state index contributed by atoms with van der Waals surface area (Å²) in [5, 5.41) is 3.02. The first-order valence-corrected chi connectivity index (χ1v) is 5.68. The average Bonchev–Trinajstić information content (AvgIpc) is 2.38. The van der Waals surface area contributed by atoms with Crippen molar-refractivity contribution in [3.8, 4) is 0 Å². The molecule has 1 unspecified atom stereocenters. The number of carbonyl (C=O) groups is 1. The summed E-state index contributed by atoms with van der Waals surface area (Å²) >= 11 is 0. The number of carbonyl (C=O) groups excluding carboxylic acids is 1. The monoisotopic (exact) mass is 236 g/mol. The van der Waals surface area contributed by atoms with E-state index < -0.39 is 6.10 Å². The molecule has 0 radical (unpaired) electrons. The van der Waals surface area contributed by atoms with E-state index in [1.54, 1.807) is 19.1 Å². The van der Waals surface area contributed by atoms with E-state index >= 15 is 0 Å². The van der Waals surface area contributed by atoms with Gasteiger partial charge in [-0.05, 0) is 12.6 Å². The summed E-state index contributed by atoms with van der Waals surface area (Å²) in [6.45, 7) is 1.44. The summed E-state index contributed by atoms with van der Waals surface area (Å²) in [7, 11) is 5.21. The van der Waals surface area contributed by atoms with E-state index in [2.05, 4.69) is 5.32 Å². The van der Waals surface area contributed by atoms with Crippen LogP contribution in [0.5, 0.6) is 0 Å². The van der Waals surface area contributed by atoms with E-state index in [0.717, 1.165) is 12.1 Å². The lowest BCUT2D eigenvalue weighted by molar-refractivity contribution is -0.140. The van der Waals surface area contributed by atoms with Crippen LogP contribution in [-0.2, 0) is 9.53 Å². The summed E-state index contributed by atoms with van der Waals surface area (Å²) in [5.41, 5.74) is 0.885. The molecule has 1 atom stereocenters. The molecule has 0 saturated carbocycles. The zero-order valence-corrected chi connectivity index (χ0v) is 10.6. The molecule has 1 rings (SSSR count). The summed E-state index contributed by atoms with van der Waals surface area (Å²) in [5.74, 6) is -0.0195. The number of nitrogens with one attached hydrogen (secondary N) is 1. The maximum atomic E-state index is 12.2. The lowest BCUT2D eigenvalue weighted by Gasteiger charge is -2.23. The topological polar surface area (TPSA) is 41.6 Å². The van der Waals surface area contributed by atoms with Crippen LogP contribution < -0.4 is 5.32 Å². The summed E-state index contributed by atoms with van der Waals surface area (Å²) < 4.78 is 5.29. The molecule has 0 aliphatic carbocycles. The predicted octanol–water partition coefficient (Wildman–Crippen LogP) is 1.05. The molecule has 1 aromatic rings. The van der Waals surface area contributed by atoms with Gasteiger partial charge in [0, 0.05) is 27.2 Å². The number of rotatable bonds is 6. The standard InChI is InChI=1S/C13H20N2O2/c1-14-9-10-15(2)13(16)12(17-3)11-7-5-4-6-8-11/h4-8,12,14H,9-10H2,1-3H3. The summed E-state index contributed by atoms with van der Waals surface area (Å²) in [6, 6.07) is 9.53. The first-order chi connectivity index (χ1) is 8.20. The van der Waals surface area contributed by atoms with Gasteiger partial charge in [0.15, 0.2) is 6.10 Å². The summed E-state index contributed by atoms with van der Waals surface area (Å²) in [4.78, 5) is 13.8. The van der Waals surface area contributed by atoms with Crippen molar-refractivity contribution in [2.24, 2.45) is 0 Å². The first kappa shape index (κ1) is 13.7. The number of methoxy groups -OCH3 is 1. The van der Waals surface area contributed by atoms with Gasteiger partial charge < -0.3 is 15.0 Å². The van der Waals surface area contributed by atoms with Crippen molar-refractivity contribution < 1.29 is 9.53 Å². The Hall–Kier alpha value is -1.39. The molecule has 0 aromatic heterocycles. The average molecular weight is 236 g/mol. The highest BCUT2D eigenvalue weighted by atomic mass is 16.5. The molecular formula is C13H20N2O2. The van der Waals surface area contributed by atoms with Crippen molar-refractivity contribution in [1.82, 2.24) is 10.2 Å². The van der Waals surface area contributed by atoms with Crippen LogP contribution in [-0.4, -0.2) is 45.1 Å². The Bertz CT molecular complexity index is 341. The number of hydrogen-bond acceptors (Lipinski definition) is 3. The number of nitrogens with zero attached hydrogens (tertiary/aromatic N) is 1. The van der Waals surface area contributed by atoms with E-state index in [-0.39, 0.29) is 5.91 Å². The van der Waals surface area contributed by atoms with Crippen molar-refractivity contribution >= 4 is 5.91 Å². The van der Waals surface area contributed by atoms with Crippen LogP contribution in [0.2, 0.25) is 0 Å². The second-order valence-corrected chi connectivity index (χ2v) is 3.89.